The average Bonchev–Trinajstić information content (AvgIpc) is 3.32. The molecule has 4 heteroatoms. The van der Waals surface area contributed by atoms with Gasteiger partial charge in [0.2, 0.25) is 0 Å². The van der Waals surface area contributed by atoms with Crippen molar-refractivity contribution in [2.45, 2.75) is 38.9 Å². The van der Waals surface area contributed by atoms with Gasteiger partial charge in [-0.15, -0.1) is 0 Å². The first-order valence-corrected chi connectivity index (χ1v) is 11.8. The number of hydrogen-bond donors (Lipinski definition) is 0. The van der Waals surface area contributed by atoms with Crippen LogP contribution in [0.1, 0.15) is 27.7 Å². The smallest absolute Gasteiger partial charge is 0.455 e. The molecule has 3 nitrogen and oxygen atoms in total. The summed E-state index contributed by atoms with van der Waals surface area (Å²) in [6.07, 6.45) is 0. The number of rotatable bonds is 3. The van der Waals surface area contributed by atoms with Crippen molar-refractivity contribution in [3.8, 4) is 22.3 Å². The second-order valence-electron chi connectivity index (χ2n) is 10.1. The van der Waals surface area contributed by atoms with Crippen molar-refractivity contribution in [1.29, 1.82) is 0 Å². The molecule has 1 aliphatic heterocycles. The second kappa shape index (κ2) is 7.59. The van der Waals surface area contributed by atoms with Crippen molar-refractivity contribution in [3.05, 3.63) is 91.0 Å². The van der Waals surface area contributed by atoms with Crippen molar-refractivity contribution in [3.63, 3.8) is 0 Å². The lowest BCUT2D eigenvalue weighted by atomic mass is 9.78. The molecule has 0 bridgehead atoms. The topological polar surface area (TPSA) is 31.6 Å². The molecule has 0 unspecified atom stereocenters. The van der Waals surface area contributed by atoms with Crippen molar-refractivity contribution in [2.24, 2.45) is 0 Å². The Morgan fingerprint density at radius 2 is 1.12 bits per heavy atom. The van der Waals surface area contributed by atoms with Gasteiger partial charge in [-0.1, -0.05) is 84.9 Å². The highest BCUT2D eigenvalue weighted by Gasteiger charge is 2.51. The van der Waals surface area contributed by atoms with Gasteiger partial charge in [-0.2, -0.15) is 0 Å². The Morgan fingerprint density at radius 1 is 0.559 bits per heavy atom. The molecule has 1 aliphatic rings. The summed E-state index contributed by atoms with van der Waals surface area (Å²) in [4.78, 5) is 0. The van der Waals surface area contributed by atoms with Crippen molar-refractivity contribution < 1.29 is 13.7 Å². The molecule has 1 aromatic heterocycles. The third-order valence-corrected chi connectivity index (χ3v) is 7.37. The lowest BCUT2D eigenvalue weighted by molar-refractivity contribution is 0.00578. The minimum atomic E-state index is -0.342. The molecule has 0 aliphatic carbocycles. The van der Waals surface area contributed by atoms with E-state index in [1.54, 1.807) is 0 Å². The molecule has 1 saturated heterocycles. The largest absolute Gasteiger partial charge is 0.494 e. The molecule has 4 aromatic carbocycles. The van der Waals surface area contributed by atoms with E-state index < -0.39 is 0 Å². The van der Waals surface area contributed by atoms with Crippen LogP contribution in [0.2, 0.25) is 0 Å². The first-order valence-electron chi connectivity index (χ1n) is 11.8. The molecule has 168 valence electrons. The maximum Gasteiger partial charge on any atom is 0.494 e. The van der Waals surface area contributed by atoms with E-state index in [9.17, 15) is 0 Å². The summed E-state index contributed by atoms with van der Waals surface area (Å²) < 4.78 is 18.6. The molecule has 0 N–H and O–H groups in total. The molecule has 34 heavy (non-hydrogen) atoms. The highest BCUT2D eigenvalue weighted by atomic mass is 16.7. The Balaban J connectivity index is 1.28. The van der Waals surface area contributed by atoms with Gasteiger partial charge in [0.05, 0.1) is 11.2 Å². The number of fused-ring (bicyclic) bond motifs is 3. The Labute approximate surface area is 200 Å². The SMILES string of the molecule is CC1(C)OB(c2ccc(-c3ccc(-c4cccc5c4oc4ccccc45)cc3)cc2)OC1(C)C. The van der Waals surface area contributed by atoms with Gasteiger partial charge >= 0.3 is 7.12 Å². The van der Waals surface area contributed by atoms with Gasteiger partial charge in [0.15, 0.2) is 0 Å². The van der Waals surface area contributed by atoms with Crippen LogP contribution in [0.25, 0.3) is 44.2 Å². The molecular formula is C30H27BO3. The third-order valence-electron chi connectivity index (χ3n) is 7.37. The fourth-order valence-electron chi connectivity index (χ4n) is 4.63. The summed E-state index contributed by atoms with van der Waals surface area (Å²) in [5.74, 6) is 0. The first kappa shape index (κ1) is 21.2. The van der Waals surface area contributed by atoms with E-state index >= 15 is 0 Å². The molecule has 0 amide bonds. The van der Waals surface area contributed by atoms with Crippen LogP contribution in [-0.4, -0.2) is 18.3 Å². The zero-order valence-electron chi connectivity index (χ0n) is 20.0. The highest BCUT2D eigenvalue weighted by Crippen LogP contribution is 2.37. The van der Waals surface area contributed by atoms with E-state index in [-0.39, 0.29) is 18.3 Å². The van der Waals surface area contributed by atoms with Crippen LogP contribution in [0.5, 0.6) is 0 Å². The van der Waals surface area contributed by atoms with Gasteiger partial charge in [0, 0.05) is 16.3 Å². The van der Waals surface area contributed by atoms with E-state index in [0.717, 1.165) is 44.1 Å². The van der Waals surface area contributed by atoms with Crippen molar-refractivity contribution >= 4 is 34.5 Å². The van der Waals surface area contributed by atoms with Crippen molar-refractivity contribution in [2.75, 3.05) is 0 Å². The number of benzene rings is 4. The van der Waals surface area contributed by atoms with E-state index in [2.05, 4.69) is 107 Å². The average molecular weight is 446 g/mol. The molecular weight excluding hydrogens is 419 g/mol. The minimum Gasteiger partial charge on any atom is -0.455 e. The second-order valence-corrected chi connectivity index (χ2v) is 10.1. The van der Waals surface area contributed by atoms with Gasteiger partial charge in [-0.3, -0.25) is 0 Å². The Hall–Kier alpha value is -3.34. The minimum absolute atomic E-state index is 0.338. The maximum absolute atomic E-state index is 6.22. The van der Waals surface area contributed by atoms with Crippen LogP contribution in [-0.2, 0) is 9.31 Å². The zero-order chi connectivity index (χ0) is 23.5. The van der Waals surface area contributed by atoms with Crippen LogP contribution in [0.4, 0.5) is 0 Å². The fourth-order valence-corrected chi connectivity index (χ4v) is 4.63. The first-order chi connectivity index (χ1) is 16.3. The van der Waals surface area contributed by atoms with E-state index in [0.29, 0.717) is 0 Å². The predicted octanol–water partition coefficient (Wildman–Crippen LogP) is 7.22. The van der Waals surface area contributed by atoms with Gasteiger partial charge in [-0.25, -0.2) is 0 Å². The van der Waals surface area contributed by atoms with Gasteiger partial charge in [0.25, 0.3) is 0 Å². The third kappa shape index (κ3) is 3.37. The Kier molecular flexibility index (Phi) is 4.74. The standard InChI is InChI=1S/C30H27BO3/c1-29(2)30(3,4)34-31(33-29)23-18-16-21(17-19-23)20-12-14-22(15-13-20)24-9-7-10-26-25-8-5-6-11-27(25)32-28(24)26/h5-19H,1-4H3. The summed E-state index contributed by atoms with van der Waals surface area (Å²) in [5, 5.41) is 2.30. The molecule has 1 fully saturated rings. The molecule has 6 rings (SSSR count). The van der Waals surface area contributed by atoms with Crippen molar-refractivity contribution in [1.82, 2.24) is 0 Å². The van der Waals surface area contributed by atoms with E-state index in [4.69, 9.17) is 13.7 Å². The number of para-hydroxylation sites is 2. The predicted molar refractivity (Wildman–Crippen MR) is 140 cm³/mol. The van der Waals surface area contributed by atoms with E-state index in [1.165, 1.54) is 5.56 Å². The van der Waals surface area contributed by atoms with Gasteiger partial charge in [-0.05, 0) is 55.9 Å². The van der Waals surface area contributed by atoms with Crippen LogP contribution in [0.15, 0.2) is 95.4 Å². The molecule has 0 radical (unpaired) electrons. The van der Waals surface area contributed by atoms with Crippen LogP contribution >= 0.6 is 0 Å². The normalized spacial score (nSPS) is 17.0. The summed E-state index contributed by atoms with van der Waals surface area (Å²) in [6.45, 7) is 8.31. The molecule has 2 heterocycles. The molecule has 5 aromatic rings. The van der Waals surface area contributed by atoms with Gasteiger partial charge < -0.3 is 13.7 Å². The maximum atomic E-state index is 6.22. The molecule has 0 spiro atoms. The fraction of sp³-hybridized carbons (Fsp3) is 0.200. The monoisotopic (exact) mass is 446 g/mol. The zero-order valence-corrected chi connectivity index (χ0v) is 20.0. The van der Waals surface area contributed by atoms with Crippen LogP contribution < -0.4 is 5.46 Å². The summed E-state index contributed by atoms with van der Waals surface area (Å²) in [7, 11) is -0.342. The van der Waals surface area contributed by atoms with Gasteiger partial charge in [0.1, 0.15) is 11.2 Å². The number of furan rings is 1. The summed E-state index contributed by atoms with van der Waals surface area (Å²) in [6, 6.07) is 31.7. The molecule has 0 atom stereocenters. The highest BCUT2D eigenvalue weighted by molar-refractivity contribution is 6.62. The Morgan fingerprint density at radius 3 is 1.79 bits per heavy atom. The van der Waals surface area contributed by atoms with E-state index in [1.807, 2.05) is 12.1 Å². The summed E-state index contributed by atoms with van der Waals surface area (Å²) >= 11 is 0. The lowest BCUT2D eigenvalue weighted by Crippen LogP contribution is -2.41. The van der Waals surface area contributed by atoms with Crippen LogP contribution in [0, 0.1) is 0 Å². The summed E-state index contributed by atoms with van der Waals surface area (Å²) in [5.41, 5.74) is 6.79. The number of hydrogen-bond acceptors (Lipinski definition) is 3. The lowest BCUT2D eigenvalue weighted by Gasteiger charge is -2.32. The Bertz CT molecular complexity index is 1480. The van der Waals surface area contributed by atoms with Crippen LogP contribution in [0.3, 0.4) is 0 Å². The quantitative estimate of drug-likeness (QED) is 0.274. The molecule has 0 saturated carbocycles.